The van der Waals surface area contributed by atoms with Crippen LogP contribution in [0.4, 0.5) is 11.4 Å². The van der Waals surface area contributed by atoms with Gasteiger partial charge in [0.1, 0.15) is 0 Å². The number of nitrogens with zero attached hydrogens (tertiary/aromatic N) is 2. The highest BCUT2D eigenvalue weighted by Gasteiger charge is 2.06. The maximum atomic E-state index is 12.0. The molecule has 4 nitrogen and oxygen atoms in total. The van der Waals surface area contributed by atoms with Crippen LogP contribution in [0.2, 0.25) is 0 Å². The van der Waals surface area contributed by atoms with Crippen LogP contribution >= 0.6 is 0 Å². The van der Waals surface area contributed by atoms with Crippen LogP contribution in [0.1, 0.15) is 16.1 Å². The van der Waals surface area contributed by atoms with Gasteiger partial charge in [0, 0.05) is 42.9 Å². The fraction of sp³-hybridized carbons (Fsp3) is 0.200. The summed E-state index contributed by atoms with van der Waals surface area (Å²) in [5, 5.41) is 2.87. The average molecular weight is 255 g/mol. The fourth-order valence-electron chi connectivity index (χ4n) is 1.73. The molecule has 0 saturated carbocycles. The Bertz CT molecular complexity index is 576. The fourth-order valence-corrected chi connectivity index (χ4v) is 1.73. The first-order chi connectivity index (χ1) is 9.06. The van der Waals surface area contributed by atoms with E-state index in [1.54, 1.807) is 18.3 Å². The smallest absolute Gasteiger partial charge is 0.255 e. The van der Waals surface area contributed by atoms with Crippen LogP contribution < -0.4 is 10.2 Å². The minimum absolute atomic E-state index is 0.122. The Labute approximate surface area is 113 Å². The maximum Gasteiger partial charge on any atom is 0.255 e. The number of amides is 1. The van der Waals surface area contributed by atoms with Gasteiger partial charge in [0.15, 0.2) is 0 Å². The van der Waals surface area contributed by atoms with Gasteiger partial charge in [0.2, 0.25) is 0 Å². The monoisotopic (exact) mass is 255 g/mol. The number of aromatic nitrogens is 1. The summed E-state index contributed by atoms with van der Waals surface area (Å²) in [6, 6.07) is 11.2. The van der Waals surface area contributed by atoms with Gasteiger partial charge in [-0.2, -0.15) is 0 Å². The number of pyridine rings is 1. The van der Waals surface area contributed by atoms with Crippen LogP contribution in [-0.2, 0) is 0 Å². The van der Waals surface area contributed by atoms with Gasteiger partial charge in [-0.05, 0) is 43.3 Å². The van der Waals surface area contributed by atoms with Crippen LogP contribution in [0.15, 0.2) is 42.6 Å². The van der Waals surface area contributed by atoms with Gasteiger partial charge in [-0.15, -0.1) is 0 Å². The number of nitrogens with one attached hydrogen (secondary N) is 1. The second-order valence-corrected chi connectivity index (χ2v) is 4.58. The normalized spacial score (nSPS) is 10.1. The van der Waals surface area contributed by atoms with Crippen molar-refractivity contribution >= 4 is 17.3 Å². The third-order valence-electron chi connectivity index (χ3n) is 2.80. The first-order valence-electron chi connectivity index (χ1n) is 6.07. The zero-order valence-electron chi connectivity index (χ0n) is 11.3. The topological polar surface area (TPSA) is 45.2 Å². The van der Waals surface area contributed by atoms with Crippen molar-refractivity contribution in [2.45, 2.75) is 6.92 Å². The lowest BCUT2D eigenvalue weighted by atomic mass is 10.2. The molecule has 0 aliphatic carbocycles. The zero-order valence-corrected chi connectivity index (χ0v) is 11.3. The quantitative estimate of drug-likeness (QED) is 0.917. The molecule has 0 unspecified atom stereocenters. The molecule has 0 fully saturated rings. The number of carbonyl (C=O) groups is 1. The number of hydrogen-bond acceptors (Lipinski definition) is 3. The van der Waals surface area contributed by atoms with E-state index < -0.39 is 0 Å². The molecule has 0 bridgehead atoms. The molecule has 0 radical (unpaired) electrons. The Morgan fingerprint density at radius 1 is 1.16 bits per heavy atom. The second kappa shape index (κ2) is 5.52. The molecule has 0 aliphatic rings. The van der Waals surface area contributed by atoms with Crippen LogP contribution in [-0.4, -0.2) is 25.0 Å². The molecule has 0 aliphatic heterocycles. The van der Waals surface area contributed by atoms with E-state index in [1.165, 1.54) is 0 Å². The van der Waals surface area contributed by atoms with Gasteiger partial charge in [-0.3, -0.25) is 9.78 Å². The summed E-state index contributed by atoms with van der Waals surface area (Å²) in [6.07, 6.45) is 1.64. The van der Waals surface area contributed by atoms with E-state index in [9.17, 15) is 4.79 Å². The average Bonchev–Trinajstić information content (AvgIpc) is 2.39. The third-order valence-corrected chi connectivity index (χ3v) is 2.80. The summed E-state index contributed by atoms with van der Waals surface area (Å²) >= 11 is 0. The number of hydrogen-bond donors (Lipinski definition) is 1. The molecular formula is C15H17N3O. The summed E-state index contributed by atoms with van der Waals surface area (Å²) in [6.45, 7) is 1.86. The minimum Gasteiger partial charge on any atom is -0.378 e. The summed E-state index contributed by atoms with van der Waals surface area (Å²) in [5.41, 5.74) is 3.32. The Morgan fingerprint density at radius 2 is 1.84 bits per heavy atom. The van der Waals surface area contributed by atoms with Gasteiger partial charge in [-0.25, -0.2) is 0 Å². The molecule has 2 aromatic rings. The second-order valence-electron chi connectivity index (χ2n) is 4.58. The van der Waals surface area contributed by atoms with Crippen molar-refractivity contribution in [2.75, 3.05) is 24.3 Å². The molecular weight excluding hydrogens is 238 g/mol. The van der Waals surface area contributed by atoms with Crippen LogP contribution in [0.25, 0.3) is 0 Å². The van der Waals surface area contributed by atoms with Gasteiger partial charge in [0.05, 0.1) is 0 Å². The molecule has 0 atom stereocenters. The first kappa shape index (κ1) is 13.1. The van der Waals surface area contributed by atoms with Crippen molar-refractivity contribution in [3.05, 3.63) is 53.9 Å². The molecule has 1 aromatic carbocycles. The Balaban J connectivity index is 2.10. The molecule has 1 amide bonds. The summed E-state index contributed by atoms with van der Waals surface area (Å²) < 4.78 is 0. The number of carbonyl (C=O) groups excluding carboxylic acids is 1. The molecule has 0 spiro atoms. The van der Waals surface area contributed by atoms with Crippen molar-refractivity contribution in [2.24, 2.45) is 0 Å². The van der Waals surface area contributed by atoms with Crippen molar-refractivity contribution in [1.29, 1.82) is 0 Å². The largest absolute Gasteiger partial charge is 0.378 e. The number of benzene rings is 1. The van der Waals surface area contributed by atoms with E-state index in [0.717, 1.165) is 17.1 Å². The molecule has 98 valence electrons. The van der Waals surface area contributed by atoms with Crippen molar-refractivity contribution in [3.8, 4) is 0 Å². The lowest BCUT2D eigenvalue weighted by Crippen LogP contribution is -2.13. The number of anilines is 2. The molecule has 1 N–H and O–H groups in total. The van der Waals surface area contributed by atoms with Crippen LogP contribution in [0.5, 0.6) is 0 Å². The number of aryl methyl sites for hydroxylation is 1. The summed E-state index contributed by atoms with van der Waals surface area (Å²) in [4.78, 5) is 18.1. The van der Waals surface area contributed by atoms with Crippen molar-refractivity contribution < 1.29 is 4.79 Å². The predicted octanol–water partition coefficient (Wildman–Crippen LogP) is 2.71. The Kier molecular flexibility index (Phi) is 3.80. The SMILES string of the molecule is Cc1cc(C(=O)Nc2ccc(N(C)C)cc2)ccn1. The van der Waals surface area contributed by atoms with E-state index in [1.807, 2.05) is 50.2 Å². The van der Waals surface area contributed by atoms with E-state index in [4.69, 9.17) is 0 Å². The molecule has 0 saturated heterocycles. The highest BCUT2D eigenvalue weighted by atomic mass is 16.1. The van der Waals surface area contributed by atoms with Crippen LogP contribution in [0, 0.1) is 6.92 Å². The van der Waals surface area contributed by atoms with Gasteiger partial charge >= 0.3 is 0 Å². The van der Waals surface area contributed by atoms with E-state index in [0.29, 0.717) is 5.56 Å². The Hall–Kier alpha value is -2.36. The third kappa shape index (κ3) is 3.31. The van der Waals surface area contributed by atoms with Crippen LogP contribution in [0.3, 0.4) is 0 Å². The molecule has 19 heavy (non-hydrogen) atoms. The zero-order chi connectivity index (χ0) is 13.8. The van der Waals surface area contributed by atoms with E-state index in [-0.39, 0.29) is 5.91 Å². The Morgan fingerprint density at radius 3 is 2.42 bits per heavy atom. The first-order valence-corrected chi connectivity index (χ1v) is 6.07. The predicted molar refractivity (Wildman–Crippen MR) is 77.7 cm³/mol. The van der Waals surface area contributed by atoms with Gasteiger partial charge in [-0.1, -0.05) is 0 Å². The van der Waals surface area contributed by atoms with Crippen molar-refractivity contribution in [3.63, 3.8) is 0 Å². The molecule has 2 rings (SSSR count). The maximum absolute atomic E-state index is 12.0. The van der Waals surface area contributed by atoms with E-state index >= 15 is 0 Å². The van der Waals surface area contributed by atoms with E-state index in [2.05, 4.69) is 10.3 Å². The van der Waals surface area contributed by atoms with Crippen molar-refractivity contribution in [1.82, 2.24) is 4.98 Å². The number of rotatable bonds is 3. The molecule has 1 aromatic heterocycles. The summed E-state index contributed by atoms with van der Waals surface area (Å²) in [7, 11) is 3.96. The molecule has 1 heterocycles. The molecule has 4 heteroatoms. The lowest BCUT2D eigenvalue weighted by Gasteiger charge is -2.13. The lowest BCUT2D eigenvalue weighted by molar-refractivity contribution is 0.102. The van der Waals surface area contributed by atoms with Gasteiger partial charge < -0.3 is 10.2 Å². The standard InChI is InChI=1S/C15H17N3O/c1-11-10-12(8-9-16-11)15(19)17-13-4-6-14(7-5-13)18(2)3/h4-10H,1-3H3,(H,17,19). The highest BCUT2D eigenvalue weighted by molar-refractivity contribution is 6.04. The van der Waals surface area contributed by atoms with Gasteiger partial charge in [0.25, 0.3) is 5.91 Å². The highest BCUT2D eigenvalue weighted by Crippen LogP contribution is 2.16. The minimum atomic E-state index is -0.122. The summed E-state index contributed by atoms with van der Waals surface area (Å²) in [5.74, 6) is -0.122.